The molecule has 0 aromatic heterocycles. The molecule has 1 unspecified atom stereocenters. The van der Waals surface area contributed by atoms with Gasteiger partial charge in [0.25, 0.3) is 0 Å². The number of piperidine rings is 1. The minimum Gasteiger partial charge on any atom is -0.376 e. The fourth-order valence-electron chi connectivity index (χ4n) is 3.68. The van der Waals surface area contributed by atoms with E-state index in [1.54, 1.807) is 11.8 Å². The Morgan fingerprint density at radius 1 is 1.17 bits per heavy atom. The number of hydrogen-bond donors (Lipinski definition) is 0. The molecule has 1 spiro atoms. The Kier molecular flexibility index (Phi) is 5.73. The number of carbonyl (C=O) groups is 2. The molecule has 0 aromatic rings. The van der Waals surface area contributed by atoms with Crippen LogP contribution in [0.4, 0.5) is 0 Å². The predicted octanol–water partition coefficient (Wildman–Crippen LogP) is 0.770. The molecule has 3 aliphatic heterocycles. The van der Waals surface area contributed by atoms with E-state index in [4.69, 9.17) is 14.2 Å². The average Bonchev–Trinajstić information content (AvgIpc) is 3.24. The zero-order chi connectivity index (χ0) is 17.0. The van der Waals surface area contributed by atoms with Crippen molar-refractivity contribution in [3.63, 3.8) is 0 Å². The number of hydrogen-bond acceptors (Lipinski definition) is 5. The van der Waals surface area contributed by atoms with E-state index in [-0.39, 0.29) is 17.9 Å². The molecule has 0 N–H and O–H groups in total. The summed E-state index contributed by atoms with van der Waals surface area (Å²) >= 11 is 0. The molecule has 3 fully saturated rings. The first-order valence-corrected chi connectivity index (χ1v) is 9.01. The maximum absolute atomic E-state index is 12.4. The summed E-state index contributed by atoms with van der Waals surface area (Å²) in [7, 11) is 0. The van der Waals surface area contributed by atoms with Crippen molar-refractivity contribution in [3.8, 4) is 0 Å². The SMILES string of the molecule is CC(=O)N(CCC(=O)N1CCC2(CC1)OCCO2)CC1CCCO1. The first-order chi connectivity index (χ1) is 11.6. The van der Waals surface area contributed by atoms with Crippen molar-refractivity contribution in [2.75, 3.05) is 46.0 Å². The Morgan fingerprint density at radius 3 is 2.46 bits per heavy atom. The molecular formula is C17H28N2O5. The van der Waals surface area contributed by atoms with Crippen LogP contribution in [0.15, 0.2) is 0 Å². The summed E-state index contributed by atoms with van der Waals surface area (Å²) in [6.07, 6.45) is 3.98. The van der Waals surface area contributed by atoms with E-state index in [2.05, 4.69) is 0 Å². The van der Waals surface area contributed by atoms with Gasteiger partial charge in [0, 0.05) is 59.0 Å². The molecule has 1 atom stereocenters. The third kappa shape index (κ3) is 4.26. The lowest BCUT2D eigenvalue weighted by Gasteiger charge is -2.37. The second-order valence-electron chi connectivity index (χ2n) is 6.84. The van der Waals surface area contributed by atoms with E-state index in [0.717, 1.165) is 32.3 Å². The molecule has 2 amide bonds. The smallest absolute Gasteiger partial charge is 0.224 e. The summed E-state index contributed by atoms with van der Waals surface area (Å²) in [6.45, 7) is 5.98. The Labute approximate surface area is 143 Å². The molecule has 0 aliphatic carbocycles. The van der Waals surface area contributed by atoms with Crippen LogP contribution in [0.2, 0.25) is 0 Å². The highest BCUT2D eigenvalue weighted by atomic mass is 16.7. The Bertz CT molecular complexity index is 448. The minimum absolute atomic E-state index is 0.00338. The van der Waals surface area contributed by atoms with Gasteiger partial charge >= 0.3 is 0 Å². The number of likely N-dealkylation sites (tertiary alicyclic amines) is 1. The standard InChI is InChI=1S/C17H28N2O5/c1-14(20)19(13-15-3-2-10-22-15)7-4-16(21)18-8-5-17(6-9-18)23-11-12-24-17/h15H,2-13H2,1H3. The highest BCUT2D eigenvalue weighted by Gasteiger charge is 2.40. The molecule has 136 valence electrons. The number of ether oxygens (including phenoxy) is 3. The van der Waals surface area contributed by atoms with Crippen molar-refractivity contribution < 1.29 is 23.8 Å². The average molecular weight is 340 g/mol. The predicted molar refractivity (Wildman–Crippen MR) is 86.3 cm³/mol. The van der Waals surface area contributed by atoms with Gasteiger partial charge in [-0.1, -0.05) is 0 Å². The fraction of sp³-hybridized carbons (Fsp3) is 0.882. The van der Waals surface area contributed by atoms with Gasteiger partial charge in [0.15, 0.2) is 5.79 Å². The van der Waals surface area contributed by atoms with Crippen LogP contribution in [0, 0.1) is 0 Å². The summed E-state index contributed by atoms with van der Waals surface area (Å²) in [6, 6.07) is 0. The lowest BCUT2D eigenvalue weighted by Crippen LogP contribution is -2.48. The van der Waals surface area contributed by atoms with Gasteiger partial charge in [-0.05, 0) is 12.8 Å². The van der Waals surface area contributed by atoms with E-state index >= 15 is 0 Å². The molecule has 0 bridgehead atoms. The second kappa shape index (κ2) is 7.80. The Hall–Kier alpha value is -1.18. The van der Waals surface area contributed by atoms with Crippen molar-refractivity contribution in [2.45, 2.75) is 50.9 Å². The van der Waals surface area contributed by atoms with Gasteiger partial charge in [-0.2, -0.15) is 0 Å². The number of amides is 2. The molecule has 0 saturated carbocycles. The van der Waals surface area contributed by atoms with E-state index in [1.807, 2.05) is 4.90 Å². The van der Waals surface area contributed by atoms with E-state index in [1.165, 1.54) is 0 Å². The van der Waals surface area contributed by atoms with E-state index in [9.17, 15) is 9.59 Å². The third-order valence-electron chi connectivity index (χ3n) is 5.18. The van der Waals surface area contributed by atoms with Gasteiger partial charge in [-0.25, -0.2) is 0 Å². The second-order valence-corrected chi connectivity index (χ2v) is 6.84. The lowest BCUT2D eigenvalue weighted by molar-refractivity contribution is -0.187. The first kappa shape index (κ1) is 17.6. The van der Waals surface area contributed by atoms with Gasteiger partial charge in [0.2, 0.25) is 11.8 Å². The molecule has 3 aliphatic rings. The minimum atomic E-state index is -0.456. The summed E-state index contributed by atoms with van der Waals surface area (Å²) in [4.78, 5) is 27.8. The third-order valence-corrected chi connectivity index (χ3v) is 5.18. The Morgan fingerprint density at radius 2 is 1.88 bits per heavy atom. The van der Waals surface area contributed by atoms with Crippen molar-refractivity contribution in [1.29, 1.82) is 0 Å². The normalized spacial score (nSPS) is 26.0. The molecule has 7 nitrogen and oxygen atoms in total. The van der Waals surface area contributed by atoms with Crippen LogP contribution in [0.25, 0.3) is 0 Å². The maximum Gasteiger partial charge on any atom is 0.224 e. The van der Waals surface area contributed by atoms with Crippen molar-refractivity contribution in [3.05, 3.63) is 0 Å². The molecule has 3 heterocycles. The van der Waals surface area contributed by atoms with Crippen LogP contribution in [0.5, 0.6) is 0 Å². The molecule has 3 saturated heterocycles. The maximum atomic E-state index is 12.4. The highest BCUT2D eigenvalue weighted by molar-refractivity contribution is 5.78. The van der Waals surface area contributed by atoms with Crippen LogP contribution in [-0.2, 0) is 23.8 Å². The quantitative estimate of drug-likeness (QED) is 0.739. The van der Waals surface area contributed by atoms with Crippen LogP contribution >= 0.6 is 0 Å². The zero-order valence-corrected chi connectivity index (χ0v) is 14.5. The van der Waals surface area contributed by atoms with Gasteiger partial charge < -0.3 is 24.0 Å². The fourth-order valence-corrected chi connectivity index (χ4v) is 3.68. The van der Waals surface area contributed by atoms with Gasteiger partial charge in [0.1, 0.15) is 0 Å². The van der Waals surface area contributed by atoms with Gasteiger partial charge in [0.05, 0.1) is 19.3 Å². The van der Waals surface area contributed by atoms with Crippen LogP contribution < -0.4 is 0 Å². The van der Waals surface area contributed by atoms with Gasteiger partial charge in [-0.15, -0.1) is 0 Å². The molecule has 0 radical (unpaired) electrons. The molecule has 24 heavy (non-hydrogen) atoms. The van der Waals surface area contributed by atoms with Crippen molar-refractivity contribution in [2.24, 2.45) is 0 Å². The zero-order valence-electron chi connectivity index (χ0n) is 14.5. The largest absolute Gasteiger partial charge is 0.376 e. The molecule has 7 heteroatoms. The topological polar surface area (TPSA) is 68.3 Å². The lowest BCUT2D eigenvalue weighted by atomic mass is 10.0. The summed E-state index contributed by atoms with van der Waals surface area (Å²) in [5.74, 6) is -0.354. The molecule has 0 aromatic carbocycles. The van der Waals surface area contributed by atoms with Crippen LogP contribution in [-0.4, -0.2) is 79.5 Å². The number of rotatable bonds is 5. The molecular weight excluding hydrogens is 312 g/mol. The van der Waals surface area contributed by atoms with Crippen LogP contribution in [0.1, 0.15) is 39.0 Å². The Balaban J connectivity index is 1.43. The van der Waals surface area contributed by atoms with Gasteiger partial charge in [-0.3, -0.25) is 9.59 Å². The highest BCUT2D eigenvalue weighted by Crippen LogP contribution is 2.31. The summed E-state index contributed by atoms with van der Waals surface area (Å²) in [5, 5.41) is 0. The summed E-state index contributed by atoms with van der Waals surface area (Å²) < 4.78 is 17.0. The number of carbonyl (C=O) groups excluding carboxylic acids is 2. The monoisotopic (exact) mass is 340 g/mol. The van der Waals surface area contributed by atoms with E-state index < -0.39 is 5.79 Å². The summed E-state index contributed by atoms with van der Waals surface area (Å²) in [5.41, 5.74) is 0. The van der Waals surface area contributed by atoms with Crippen molar-refractivity contribution >= 4 is 11.8 Å². The van der Waals surface area contributed by atoms with Crippen LogP contribution in [0.3, 0.4) is 0 Å². The van der Waals surface area contributed by atoms with E-state index in [0.29, 0.717) is 45.8 Å². The number of nitrogens with zero attached hydrogens (tertiary/aromatic N) is 2. The van der Waals surface area contributed by atoms with Crippen molar-refractivity contribution in [1.82, 2.24) is 9.80 Å². The molecule has 3 rings (SSSR count). The first-order valence-electron chi connectivity index (χ1n) is 9.01.